The summed E-state index contributed by atoms with van der Waals surface area (Å²) in [5.41, 5.74) is 2.72. The summed E-state index contributed by atoms with van der Waals surface area (Å²) < 4.78 is 1.16. The number of nitrogens with zero attached hydrogens (tertiary/aromatic N) is 2. The highest BCUT2D eigenvalue weighted by Gasteiger charge is 2.16. The summed E-state index contributed by atoms with van der Waals surface area (Å²) in [4.78, 5) is 26.4. The summed E-state index contributed by atoms with van der Waals surface area (Å²) in [5.74, 6) is -0.363. The lowest BCUT2D eigenvalue weighted by Gasteiger charge is -2.11. The summed E-state index contributed by atoms with van der Waals surface area (Å²) in [5, 5.41) is 16.8. The highest BCUT2D eigenvalue weighted by atomic mass is 16.3. The van der Waals surface area contributed by atoms with E-state index in [-0.39, 0.29) is 17.2 Å². The molecule has 1 heterocycles. The molecule has 0 bridgehead atoms. The first-order chi connectivity index (χ1) is 13.0. The fourth-order valence-corrected chi connectivity index (χ4v) is 2.93. The third-order valence-electron chi connectivity index (χ3n) is 4.40. The van der Waals surface area contributed by atoms with Gasteiger partial charge in [0.25, 0.3) is 5.56 Å². The maximum atomic E-state index is 12.2. The van der Waals surface area contributed by atoms with Gasteiger partial charge in [0.2, 0.25) is 5.88 Å². The van der Waals surface area contributed by atoms with Crippen molar-refractivity contribution < 1.29 is 5.11 Å². The molecule has 2 aromatic carbocycles. The molecule has 7 heteroatoms. The maximum absolute atomic E-state index is 12.2. The molecule has 3 aromatic rings. The van der Waals surface area contributed by atoms with Gasteiger partial charge >= 0.3 is 5.69 Å². The van der Waals surface area contributed by atoms with Crippen LogP contribution in [0.4, 0.5) is 5.69 Å². The molecule has 0 spiro atoms. The van der Waals surface area contributed by atoms with Crippen LogP contribution in [0.3, 0.4) is 0 Å². The first kappa shape index (κ1) is 18.4. The number of H-pyrrole nitrogens is 1. The minimum atomic E-state index is -0.661. The highest BCUT2D eigenvalue weighted by molar-refractivity contribution is 6.01. The number of rotatable bonds is 6. The van der Waals surface area contributed by atoms with Crippen LogP contribution in [0.5, 0.6) is 5.88 Å². The highest BCUT2D eigenvalue weighted by Crippen LogP contribution is 2.23. The molecule has 0 unspecified atom stereocenters. The quantitative estimate of drug-likeness (QED) is 0.461. The van der Waals surface area contributed by atoms with Gasteiger partial charge in [-0.25, -0.2) is 4.79 Å². The number of benzene rings is 2. The van der Waals surface area contributed by atoms with E-state index in [1.54, 1.807) is 6.92 Å². The van der Waals surface area contributed by atoms with Gasteiger partial charge in [0.1, 0.15) is 5.56 Å². The third kappa shape index (κ3) is 3.76. The van der Waals surface area contributed by atoms with Crippen LogP contribution in [0.25, 0.3) is 10.8 Å². The predicted octanol–water partition coefficient (Wildman–Crippen LogP) is 3.03. The molecule has 1 aromatic heterocycles. The van der Waals surface area contributed by atoms with Crippen molar-refractivity contribution in [2.75, 3.05) is 5.43 Å². The van der Waals surface area contributed by atoms with Gasteiger partial charge < -0.3 is 5.11 Å². The number of hydrazone groups is 1. The van der Waals surface area contributed by atoms with E-state index in [1.165, 1.54) is 0 Å². The Morgan fingerprint density at radius 3 is 2.70 bits per heavy atom. The fourth-order valence-electron chi connectivity index (χ4n) is 2.93. The van der Waals surface area contributed by atoms with Crippen LogP contribution in [-0.2, 0) is 6.54 Å². The number of aromatic nitrogens is 2. The number of aromatic hydroxyl groups is 1. The molecule has 0 saturated carbocycles. The minimum Gasteiger partial charge on any atom is -0.494 e. The van der Waals surface area contributed by atoms with Gasteiger partial charge in [0, 0.05) is 11.9 Å². The second kappa shape index (κ2) is 7.90. The average molecular weight is 366 g/mol. The van der Waals surface area contributed by atoms with Crippen molar-refractivity contribution in [2.45, 2.75) is 33.2 Å². The third-order valence-corrected chi connectivity index (χ3v) is 4.40. The number of nitrogens with one attached hydrogen (secondary N) is 2. The van der Waals surface area contributed by atoms with Crippen molar-refractivity contribution in [1.82, 2.24) is 9.55 Å². The monoisotopic (exact) mass is 366 g/mol. The number of unbranched alkanes of at least 4 members (excludes halogenated alkanes) is 1. The smallest absolute Gasteiger partial charge is 0.331 e. The summed E-state index contributed by atoms with van der Waals surface area (Å²) in [6.45, 7) is 3.92. The molecule has 7 nitrogen and oxygen atoms in total. The molecule has 0 saturated heterocycles. The maximum Gasteiger partial charge on any atom is 0.331 e. The normalized spacial score (nSPS) is 11.7. The Balaban J connectivity index is 1.99. The molecule has 0 amide bonds. The topological polar surface area (TPSA) is 99.5 Å². The molecular weight excluding hydrogens is 344 g/mol. The van der Waals surface area contributed by atoms with Gasteiger partial charge in [-0.3, -0.25) is 19.8 Å². The summed E-state index contributed by atoms with van der Waals surface area (Å²) in [6, 6.07) is 13.6. The lowest BCUT2D eigenvalue weighted by molar-refractivity contribution is 0.394. The van der Waals surface area contributed by atoms with E-state index in [1.807, 2.05) is 49.4 Å². The number of hydrogen-bond donors (Lipinski definition) is 3. The molecule has 0 atom stereocenters. The van der Waals surface area contributed by atoms with E-state index in [0.29, 0.717) is 13.0 Å². The minimum absolute atomic E-state index is 0.0153. The van der Waals surface area contributed by atoms with Crippen LogP contribution in [0.1, 0.15) is 32.3 Å². The van der Waals surface area contributed by atoms with E-state index in [0.717, 1.165) is 27.4 Å². The Morgan fingerprint density at radius 2 is 1.93 bits per heavy atom. The standard InChI is InChI=1S/C20H22N4O3/c1-3-4-12-24-19(26)17(18(25)21-20(24)27)13(2)22-23-16-11-7-9-14-8-5-6-10-15(14)16/h5-11,23,26H,3-4,12H2,1-2H3,(H,21,25,27)/b22-13+. The number of fused-ring (bicyclic) bond motifs is 1. The summed E-state index contributed by atoms with van der Waals surface area (Å²) in [7, 11) is 0. The van der Waals surface area contributed by atoms with Gasteiger partial charge in [-0.2, -0.15) is 5.10 Å². The molecular formula is C20H22N4O3. The van der Waals surface area contributed by atoms with Crippen molar-refractivity contribution in [3.8, 4) is 5.88 Å². The zero-order valence-corrected chi connectivity index (χ0v) is 15.3. The second-order valence-electron chi connectivity index (χ2n) is 6.30. The lowest BCUT2D eigenvalue weighted by atomic mass is 10.1. The number of hydrogen-bond acceptors (Lipinski definition) is 5. The number of aromatic amines is 1. The van der Waals surface area contributed by atoms with Crippen molar-refractivity contribution in [1.29, 1.82) is 0 Å². The van der Waals surface area contributed by atoms with Crippen LogP contribution in [0.2, 0.25) is 0 Å². The van der Waals surface area contributed by atoms with Crippen LogP contribution >= 0.6 is 0 Å². The molecule has 0 aliphatic rings. The van der Waals surface area contributed by atoms with Crippen LogP contribution in [-0.4, -0.2) is 20.4 Å². The van der Waals surface area contributed by atoms with Gasteiger partial charge in [-0.15, -0.1) is 0 Å². The fraction of sp³-hybridized carbons (Fsp3) is 0.250. The first-order valence-electron chi connectivity index (χ1n) is 8.87. The lowest BCUT2D eigenvalue weighted by Crippen LogP contribution is -2.33. The summed E-state index contributed by atoms with van der Waals surface area (Å²) in [6.07, 6.45) is 1.57. The molecule has 3 N–H and O–H groups in total. The molecule has 0 fully saturated rings. The van der Waals surface area contributed by atoms with Crippen molar-refractivity contribution >= 4 is 22.2 Å². The summed E-state index contributed by atoms with van der Waals surface area (Å²) >= 11 is 0. The SMILES string of the molecule is CCCCn1c(O)c(/C(C)=N/Nc2cccc3ccccc23)c(=O)[nH]c1=O. The Morgan fingerprint density at radius 1 is 1.19 bits per heavy atom. The Labute approximate surface area is 156 Å². The van der Waals surface area contributed by atoms with Gasteiger partial charge in [0.15, 0.2) is 0 Å². The molecule has 0 radical (unpaired) electrons. The van der Waals surface area contributed by atoms with E-state index in [4.69, 9.17) is 0 Å². The first-order valence-corrected chi connectivity index (χ1v) is 8.87. The van der Waals surface area contributed by atoms with Crippen molar-refractivity contribution in [3.05, 3.63) is 68.9 Å². The zero-order chi connectivity index (χ0) is 19.4. The molecule has 27 heavy (non-hydrogen) atoms. The van der Waals surface area contributed by atoms with Crippen LogP contribution in [0, 0.1) is 0 Å². The Kier molecular flexibility index (Phi) is 5.40. The van der Waals surface area contributed by atoms with E-state index in [2.05, 4.69) is 15.5 Å². The van der Waals surface area contributed by atoms with E-state index < -0.39 is 11.2 Å². The van der Waals surface area contributed by atoms with E-state index in [9.17, 15) is 14.7 Å². The van der Waals surface area contributed by atoms with Gasteiger partial charge in [-0.1, -0.05) is 49.7 Å². The molecule has 0 aliphatic carbocycles. The van der Waals surface area contributed by atoms with Crippen molar-refractivity contribution in [2.24, 2.45) is 5.10 Å². The molecule has 140 valence electrons. The zero-order valence-electron chi connectivity index (χ0n) is 15.3. The van der Waals surface area contributed by atoms with Crippen LogP contribution < -0.4 is 16.7 Å². The molecule has 3 rings (SSSR count). The molecule has 0 aliphatic heterocycles. The van der Waals surface area contributed by atoms with Gasteiger partial charge in [0.05, 0.1) is 11.4 Å². The Hall–Kier alpha value is -3.35. The largest absolute Gasteiger partial charge is 0.494 e. The Bertz CT molecular complexity index is 1110. The van der Waals surface area contributed by atoms with Gasteiger partial charge in [-0.05, 0) is 24.8 Å². The van der Waals surface area contributed by atoms with Crippen LogP contribution in [0.15, 0.2) is 57.2 Å². The average Bonchev–Trinajstić information content (AvgIpc) is 2.66. The second-order valence-corrected chi connectivity index (χ2v) is 6.30. The number of anilines is 1. The van der Waals surface area contributed by atoms with Crippen molar-refractivity contribution in [3.63, 3.8) is 0 Å². The predicted molar refractivity (Wildman–Crippen MR) is 108 cm³/mol. The van der Waals surface area contributed by atoms with E-state index >= 15 is 0 Å².